The number of benzene rings is 1. The van der Waals surface area contributed by atoms with E-state index in [9.17, 15) is 30.7 Å². The molecule has 1 saturated heterocycles. The van der Waals surface area contributed by atoms with Crippen LogP contribution in [0.2, 0.25) is 0 Å². The first kappa shape index (κ1) is 25.0. The summed E-state index contributed by atoms with van der Waals surface area (Å²) in [6.45, 7) is 0.790. The van der Waals surface area contributed by atoms with E-state index in [0.29, 0.717) is 31.6 Å². The molecule has 1 saturated carbocycles. The number of halogens is 7. The fourth-order valence-electron chi connectivity index (χ4n) is 4.06. The summed E-state index contributed by atoms with van der Waals surface area (Å²) in [5, 5.41) is 0. The van der Waals surface area contributed by atoms with E-state index in [-0.39, 0.29) is 12.1 Å². The van der Waals surface area contributed by atoms with Gasteiger partial charge in [-0.25, -0.2) is 13.2 Å². The Hall–Kier alpha value is -1.59. The van der Waals surface area contributed by atoms with Crippen molar-refractivity contribution in [3.63, 3.8) is 0 Å². The van der Waals surface area contributed by atoms with Gasteiger partial charge in [-0.3, -0.25) is 0 Å². The van der Waals surface area contributed by atoms with Gasteiger partial charge in [0.1, 0.15) is 11.9 Å². The van der Waals surface area contributed by atoms with Crippen molar-refractivity contribution in [2.75, 3.05) is 13.2 Å². The molecule has 182 valence electrons. The molecule has 0 radical (unpaired) electrons. The molecular weight excluding hydrogens is 449 g/mol. The van der Waals surface area contributed by atoms with Crippen molar-refractivity contribution in [1.82, 2.24) is 0 Å². The molecule has 1 aliphatic carbocycles. The third-order valence-corrected chi connectivity index (χ3v) is 5.70. The maximum absolute atomic E-state index is 14.5. The standard InChI is InChI=1S/C21H25F7O4/c1-2-3-12-4-6-13(7-5-12)20(25,26)32-15-10-29-19(30-11-15)21(27,28)31-14-8-16(22)18(24)17(23)9-14/h8-9,12-13,15,19H,2-7,10-11H2,1H3. The highest BCUT2D eigenvalue weighted by Crippen LogP contribution is 2.41. The summed E-state index contributed by atoms with van der Waals surface area (Å²) >= 11 is 0. The lowest BCUT2D eigenvalue weighted by Gasteiger charge is -2.37. The zero-order chi connectivity index (χ0) is 23.5. The van der Waals surface area contributed by atoms with E-state index in [1.165, 1.54) is 0 Å². The van der Waals surface area contributed by atoms with Gasteiger partial charge in [-0.1, -0.05) is 19.8 Å². The minimum absolute atomic E-state index is 0.233. The molecule has 0 atom stereocenters. The Kier molecular flexibility index (Phi) is 7.93. The van der Waals surface area contributed by atoms with Gasteiger partial charge < -0.3 is 18.9 Å². The number of rotatable bonds is 8. The summed E-state index contributed by atoms with van der Waals surface area (Å²) in [6, 6.07) is 0.466. The first-order chi connectivity index (χ1) is 15.0. The van der Waals surface area contributed by atoms with Crippen LogP contribution >= 0.6 is 0 Å². The Morgan fingerprint density at radius 2 is 1.47 bits per heavy atom. The van der Waals surface area contributed by atoms with E-state index in [1.54, 1.807) is 0 Å². The first-order valence-corrected chi connectivity index (χ1v) is 10.5. The summed E-state index contributed by atoms with van der Waals surface area (Å²) in [6.07, 6.45) is -7.32. The highest BCUT2D eigenvalue weighted by molar-refractivity contribution is 5.25. The first-order valence-electron chi connectivity index (χ1n) is 10.5. The Morgan fingerprint density at radius 3 is 2.00 bits per heavy atom. The van der Waals surface area contributed by atoms with E-state index < -0.39 is 66.9 Å². The molecule has 0 bridgehead atoms. The maximum Gasteiger partial charge on any atom is 0.451 e. The smallest absolute Gasteiger partial charge is 0.429 e. The van der Waals surface area contributed by atoms with E-state index in [0.717, 1.165) is 12.8 Å². The SMILES string of the molecule is CCCC1CCC(C(F)(F)OC2COC(C(F)(F)Oc3cc(F)c(F)c(F)c3)OC2)CC1. The van der Waals surface area contributed by atoms with Crippen molar-refractivity contribution in [3.05, 3.63) is 29.6 Å². The third-order valence-electron chi connectivity index (χ3n) is 5.70. The Bertz CT molecular complexity index is 738. The second-order valence-corrected chi connectivity index (χ2v) is 8.17. The van der Waals surface area contributed by atoms with Crippen LogP contribution < -0.4 is 4.74 Å². The van der Waals surface area contributed by atoms with E-state index in [1.807, 2.05) is 6.92 Å². The molecule has 1 aromatic rings. The number of ether oxygens (including phenoxy) is 4. The third kappa shape index (κ3) is 6.05. The molecule has 32 heavy (non-hydrogen) atoms. The van der Waals surface area contributed by atoms with Gasteiger partial charge in [0.25, 0.3) is 6.29 Å². The van der Waals surface area contributed by atoms with Crippen LogP contribution in [0.15, 0.2) is 12.1 Å². The number of alkyl halides is 4. The predicted molar refractivity (Wildman–Crippen MR) is 97.8 cm³/mol. The lowest BCUT2D eigenvalue weighted by atomic mass is 9.79. The average molecular weight is 474 g/mol. The van der Waals surface area contributed by atoms with Crippen LogP contribution in [-0.2, 0) is 14.2 Å². The Balaban J connectivity index is 1.51. The van der Waals surface area contributed by atoms with Crippen LogP contribution in [0.4, 0.5) is 30.7 Å². The quantitative estimate of drug-likeness (QED) is 0.341. The summed E-state index contributed by atoms with van der Waals surface area (Å²) in [5.74, 6) is -6.82. The molecule has 2 fully saturated rings. The molecule has 1 heterocycles. The minimum Gasteiger partial charge on any atom is -0.429 e. The van der Waals surface area contributed by atoms with Gasteiger partial charge in [0.15, 0.2) is 17.5 Å². The largest absolute Gasteiger partial charge is 0.451 e. The van der Waals surface area contributed by atoms with Gasteiger partial charge in [-0.2, -0.15) is 17.6 Å². The summed E-state index contributed by atoms with van der Waals surface area (Å²) in [7, 11) is 0. The summed E-state index contributed by atoms with van der Waals surface area (Å²) in [5.41, 5.74) is 0. The fourth-order valence-corrected chi connectivity index (χ4v) is 4.06. The topological polar surface area (TPSA) is 36.9 Å². The molecule has 1 aromatic carbocycles. The van der Waals surface area contributed by atoms with Crippen LogP contribution in [0, 0.1) is 29.3 Å². The molecule has 2 aliphatic rings. The molecule has 0 aromatic heterocycles. The lowest BCUT2D eigenvalue weighted by Crippen LogP contribution is -2.51. The van der Waals surface area contributed by atoms with Crippen LogP contribution in [0.25, 0.3) is 0 Å². The number of hydrogen-bond donors (Lipinski definition) is 0. The van der Waals surface area contributed by atoms with E-state index in [2.05, 4.69) is 4.74 Å². The van der Waals surface area contributed by atoms with Gasteiger partial charge in [0.05, 0.1) is 19.1 Å². The van der Waals surface area contributed by atoms with Gasteiger partial charge in [0.2, 0.25) is 0 Å². The van der Waals surface area contributed by atoms with E-state index in [4.69, 9.17) is 14.2 Å². The predicted octanol–water partition coefficient (Wildman–Crippen LogP) is 6.03. The molecule has 4 nitrogen and oxygen atoms in total. The molecule has 0 unspecified atom stereocenters. The van der Waals surface area contributed by atoms with Crippen LogP contribution in [0.5, 0.6) is 5.75 Å². The Labute approximate surface area is 181 Å². The molecular formula is C21H25F7O4. The van der Waals surface area contributed by atoms with Crippen molar-refractivity contribution >= 4 is 0 Å². The van der Waals surface area contributed by atoms with Crippen LogP contribution in [-0.4, -0.2) is 37.8 Å². The second-order valence-electron chi connectivity index (χ2n) is 8.17. The maximum atomic E-state index is 14.5. The average Bonchev–Trinajstić information content (AvgIpc) is 2.72. The second kappa shape index (κ2) is 10.1. The van der Waals surface area contributed by atoms with Crippen molar-refractivity contribution < 1.29 is 49.7 Å². The molecule has 11 heteroatoms. The van der Waals surface area contributed by atoms with Gasteiger partial charge in [0, 0.05) is 12.1 Å². The molecule has 0 spiro atoms. The van der Waals surface area contributed by atoms with Gasteiger partial charge in [-0.05, 0) is 31.6 Å². The zero-order valence-corrected chi connectivity index (χ0v) is 17.4. The van der Waals surface area contributed by atoms with E-state index >= 15 is 0 Å². The molecule has 0 N–H and O–H groups in total. The zero-order valence-electron chi connectivity index (χ0n) is 17.4. The van der Waals surface area contributed by atoms with Gasteiger partial charge >= 0.3 is 12.2 Å². The fraction of sp³-hybridized carbons (Fsp3) is 0.714. The highest BCUT2D eigenvalue weighted by atomic mass is 19.3. The molecule has 3 rings (SSSR count). The Morgan fingerprint density at radius 1 is 0.906 bits per heavy atom. The van der Waals surface area contributed by atoms with Gasteiger partial charge in [-0.15, -0.1) is 0 Å². The lowest BCUT2D eigenvalue weighted by molar-refractivity contribution is -0.381. The summed E-state index contributed by atoms with van der Waals surface area (Å²) < 4.78 is 115. The summed E-state index contributed by atoms with van der Waals surface area (Å²) in [4.78, 5) is 0. The minimum atomic E-state index is -4.23. The number of hydrogen-bond acceptors (Lipinski definition) is 4. The normalized spacial score (nSPS) is 27.4. The van der Waals surface area contributed by atoms with Crippen molar-refractivity contribution in [3.8, 4) is 5.75 Å². The van der Waals surface area contributed by atoms with Crippen molar-refractivity contribution in [1.29, 1.82) is 0 Å². The van der Waals surface area contributed by atoms with Crippen LogP contribution in [0.1, 0.15) is 45.4 Å². The van der Waals surface area contributed by atoms with Crippen LogP contribution in [0.3, 0.4) is 0 Å². The molecule has 1 aliphatic heterocycles. The highest BCUT2D eigenvalue weighted by Gasteiger charge is 2.50. The van der Waals surface area contributed by atoms with Crippen molar-refractivity contribution in [2.45, 2.75) is 70.1 Å². The van der Waals surface area contributed by atoms with Crippen molar-refractivity contribution in [2.24, 2.45) is 11.8 Å². The monoisotopic (exact) mass is 474 g/mol. The molecule has 0 amide bonds.